The van der Waals surface area contributed by atoms with Crippen molar-refractivity contribution in [2.24, 2.45) is 5.73 Å². The zero-order valence-corrected chi connectivity index (χ0v) is 14.8. The van der Waals surface area contributed by atoms with E-state index in [2.05, 4.69) is 0 Å². The van der Waals surface area contributed by atoms with Crippen LogP contribution in [0.25, 0.3) is 0 Å². The molecule has 2 aromatic carbocycles. The number of carbonyl (C=O) groups is 1. The molecule has 2 aromatic rings. The third kappa shape index (κ3) is 2.95. The number of allylic oxidation sites excluding steroid dienone is 3. The zero-order valence-electron chi connectivity index (χ0n) is 14.8. The number of ether oxygens (including phenoxy) is 1. The lowest BCUT2D eigenvalue weighted by atomic mass is 9.73. The standard InChI is InChI=1S/C22H16F2N2O2/c23-14-6-7-15(17(24)10-14)20-16(11-25)22(26)28-19-9-13(8-18(27)21(19)20)12-4-2-1-3-5-12/h1-7,10,13,20H,8-9,26H2/t13-,20-/m0/s1. The average Bonchev–Trinajstić information content (AvgIpc) is 2.67. The van der Waals surface area contributed by atoms with Gasteiger partial charge in [0.05, 0.1) is 5.92 Å². The number of hydrogen-bond donors (Lipinski definition) is 1. The number of Topliss-reactive ketones (excluding diaryl/α,β-unsaturated/α-hetero) is 1. The number of nitrogens with two attached hydrogens (primary N) is 1. The number of benzene rings is 2. The van der Waals surface area contributed by atoms with Crippen molar-refractivity contribution in [3.05, 3.63) is 94.1 Å². The summed E-state index contributed by atoms with van der Waals surface area (Å²) in [7, 11) is 0. The number of nitriles is 1. The normalized spacial score (nSPS) is 21.8. The minimum Gasteiger partial charge on any atom is -0.444 e. The summed E-state index contributed by atoms with van der Waals surface area (Å²) in [5.74, 6) is -2.72. The molecule has 0 saturated heterocycles. The highest BCUT2D eigenvalue weighted by atomic mass is 19.1. The van der Waals surface area contributed by atoms with E-state index in [0.717, 1.165) is 17.7 Å². The van der Waals surface area contributed by atoms with Crippen LogP contribution < -0.4 is 5.73 Å². The van der Waals surface area contributed by atoms with E-state index < -0.39 is 17.6 Å². The Labute approximate surface area is 160 Å². The van der Waals surface area contributed by atoms with Gasteiger partial charge in [0.1, 0.15) is 29.0 Å². The zero-order chi connectivity index (χ0) is 19.8. The molecular formula is C22H16F2N2O2. The maximum Gasteiger partial charge on any atom is 0.205 e. The minimum absolute atomic E-state index is 0.0308. The molecule has 0 radical (unpaired) electrons. The van der Waals surface area contributed by atoms with E-state index in [0.29, 0.717) is 12.2 Å². The Hall–Kier alpha value is -3.46. The Kier molecular flexibility index (Phi) is 4.44. The second-order valence-corrected chi connectivity index (χ2v) is 6.87. The number of rotatable bonds is 2. The highest BCUT2D eigenvalue weighted by Gasteiger charge is 2.41. The van der Waals surface area contributed by atoms with E-state index in [1.54, 1.807) is 0 Å². The van der Waals surface area contributed by atoms with Crippen LogP contribution >= 0.6 is 0 Å². The van der Waals surface area contributed by atoms with E-state index in [-0.39, 0.29) is 40.7 Å². The summed E-state index contributed by atoms with van der Waals surface area (Å²) in [4.78, 5) is 13.0. The van der Waals surface area contributed by atoms with Crippen molar-refractivity contribution in [2.75, 3.05) is 0 Å². The Bertz CT molecular complexity index is 1070. The maximum absolute atomic E-state index is 14.5. The molecule has 1 heterocycles. The van der Waals surface area contributed by atoms with Gasteiger partial charge in [0, 0.05) is 30.0 Å². The number of halogens is 2. The third-order valence-electron chi connectivity index (χ3n) is 5.21. The van der Waals surface area contributed by atoms with Gasteiger partial charge < -0.3 is 10.5 Å². The maximum atomic E-state index is 14.5. The van der Waals surface area contributed by atoms with Gasteiger partial charge in [-0.05, 0) is 17.5 Å². The summed E-state index contributed by atoms with van der Waals surface area (Å²) in [5.41, 5.74) is 7.13. The summed E-state index contributed by atoms with van der Waals surface area (Å²) < 4.78 is 33.5. The molecule has 0 amide bonds. The van der Waals surface area contributed by atoms with Crippen LogP contribution in [0, 0.1) is 23.0 Å². The molecule has 2 atom stereocenters. The molecule has 0 unspecified atom stereocenters. The van der Waals surface area contributed by atoms with Crippen LogP contribution in [0.1, 0.15) is 35.8 Å². The average molecular weight is 378 g/mol. The fourth-order valence-electron chi connectivity index (χ4n) is 3.92. The van der Waals surface area contributed by atoms with Gasteiger partial charge in [-0.2, -0.15) is 5.26 Å². The summed E-state index contributed by atoms with van der Waals surface area (Å²) in [5, 5.41) is 9.55. The first-order valence-electron chi connectivity index (χ1n) is 8.83. The van der Waals surface area contributed by atoms with Crippen molar-refractivity contribution >= 4 is 5.78 Å². The monoisotopic (exact) mass is 378 g/mol. The first-order chi connectivity index (χ1) is 13.5. The molecule has 0 saturated carbocycles. The highest BCUT2D eigenvalue weighted by Crippen LogP contribution is 2.47. The van der Waals surface area contributed by atoms with Crippen molar-refractivity contribution in [2.45, 2.75) is 24.7 Å². The van der Waals surface area contributed by atoms with E-state index in [1.165, 1.54) is 6.07 Å². The first kappa shape index (κ1) is 17.9. The Morgan fingerprint density at radius 3 is 2.54 bits per heavy atom. The van der Waals surface area contributed by atoms with Crippen molar-refractivity contribution in [3.8, 4) is 6.07 Å². The molecule has 0 bridgehead atoms. The second-order valence-electron chi connectivity index (χ2n) is 6.87. The molecular weight excluding hydrogens is 362 g/mol. The molecule has 1 aliphatic heterocycles. The molecule has 140 valence electrons. The third-order valence-corrected chi connectivity index (χ3v) is 5.21. The topological polar surface area (TPSA) is 76.1 Å². The number of nitrogens with zero attached hydrogens (tertiary/aromatic N) is 1. The SMILES string of the molecule is N#CC1=C(N)OC2=C(C(=O)C[C@H](c3ccccc3)C2)[C@H]1c1ccc(F)cc1F. The smallest absolute Gasteiger partial charge is 0.205 e. The lowest BCUT2D eigenvalue weighted by Crippen LogP contribution is -2.30. The van der Waals surface area contributed by atoms with Gasteiger partial charge in [0.2, 0.25) is 5.88 Å². The quantitative estimate of drug-likeness (QED) is 0.851. The molecule has 0 aromatic heterocycles. The second kappa shape index (κ2) is 6.93. The van der Waals surface area contributed by atoms with E-state index in [4.69, 9.17) is 10.5 Å². The van der Waals surface area contributed by atoms with Gasteiger partial charge in [0.15, 0.2) is 5.78 Å². The van der Waals surface area contributed by atoms with Gasteiger partial charge in [-0.3, -0.25) is 4.79 Å². The predicted molar refractivity (Wildman–Crippen MR) is 97.5 cm³/mol. The Balaban J connectivity index is 1.82. The van der Waals surface area contributed by atoms with Crippen LogP contribution in [0.4, 0.5) is 8.78 Å². The Morgan fingerprint density at radius 2 is 1.86 bits per heavy atom. The fourth-order valence-corrected chi connectivity index (χ4v) is 3.92. The Morgan fingerprint density at radius 1 is 1.11 bits per heavy atom. The van der Waals surface area contributed by atoms with Gasteiger partial charge >= 0.3 is 0 Å². The lowest BCUT2D eigenvalue weighted by Gasteiger charge is -2.34. The van der Waals surface area contributed by atoms with Gasteiger partial charge in [-0.1, -0.05) is 36.4 Å². The van der Waals surface area contributed by atoms with Gasteiger partial charge in [0.25, 0.3) is 0 Å². The molecule has 4 rings (SSSR count). The number of ketones is 1. The van der Waals surface area contributed by atoms with Crippen molar-refractivity contribution < 1.29 is 18.3 Å². The van der Waals surface area contributed by atoms with E-state index in [1.807, 2.05) is 36.4 Å². The van der Waals surface area contributed by atoms with Crippen LogP contribution in [0.3, 0.4) is 0 Å². The predicted octanol–water partition coefficient (Wildman–Crippen LogP) is 4.17. The van der Waals surface area contributed by atoms with Crippen LogP contribution in [0.5, 0.6) is 0 Å². The summed E-state index contributed by atoms with van der Waals surface area (Å²) >= 11 is 0. The first-order valence-corrected chi connectivity index (χ1v) is 8.83. The molecule has 0 fully saturated rings. The van der Waals surface area contributed by atoms with Crippen LogP contribution in [0.15, 0.2) is 71.3 Å². The number of carbonyl (C=O) groups excluding carboxylic acids is 1. The summed E-state index contributed by atoms with van der Waals surface area (Å²) in [6.07, 6.45) is 0.619. The summed E-state index contributed by atoms with van der Waals surface area (Å²) in [6, 6.07) is 14.5. The van der Waals surface area contributed by atoms with Crippen molar-refractivity contribution in [3.63, 3.8) is 0 Å². The van der Waals surface area contributed by atoms with Crippen molar-refractivity contribution in [1.82, 2.24) is 0 Å². The molecule has 2 N–H and O–H groups in total. The lowest BCUT2D eigenvalue weighted by molar-refractivity contribution is -0.117. The largest absolute Gasteiger partial charge is 0.444 e. The highest BCUT2D eigenvalue weighted by molar-refractivity contribution is 6.00. The summed E-state index contributed by atoms with van der Waals surface area (Å²) in [6.45, 7) is 0. The minimum atomic E-state index is -1.00. The van der Waals surface area contributed by atoms with E-state index in [9.17, 15) is 18.8 Å². The molecule has 2 aliphatic rings. The molecule has 0 spiro atoms. The molecule has 28 heavy (non-hydrogen) atoms. The van der Waals surface area contributed by atoms with Gasteiger partial charge in [-0.15, -0.1) is 0 Å². The van der Waals surface area contributed by atoms with Crippen LogP contribution in [0.2, 0.25) is 0 Å². The van der Waals surface area contributed by atoms with E-state index >= 15 is 0 Å². The van der Waals surface area contributed by atoms with Crippen LogP contribution in [-0.4, -0.2) is 5.78 Å². The fraction of sp³-hybridized carbons (Fsp3) is 0.182. The number of hydrogen-bond acceptors (Lipinski definition) is 4. The van der Waals surface area contributed by atoms with Crippen LogP contribution in [-0.2, 0) is 9.53 Å². The van der Waals surface area contributed by atoms with Gasteiger partial charge in [-0.25, -0.2) is 8.78 Å². The molecule has 6 heteroatoms. The van der Waals surface area contributed by atoms with Crippen molar-refractivity contribution in [1.29, 1.82) is 5.26 Å². The molecule has 4 nitrogen and oxygen atoms in total. The molecule has 1 aliphatic carbocycles.